The summed E-state index contributed by atoms with van der Waals surface area (Å²) in [5, 5.41) is 1.79. The van der Waals surface area contributed by atoms with Gasteiger partial charge in [-0.25, -0.2) is 0 Å². The van der Waals surface area contributed by atoms with Crippen LogP contribution in [-0.4, -0.2) is 11.7 Å². The number of rotatable bonds is 1. The first-order chi connectivity index (χ1) is 6.22. The number of nitrogens with zero attached hydrogens (tertiary/aromatic N) is 1. The highest BCUT2D eigenvalue weighted by atomic mass is 35.5. The second kappa shape index (κ2) is 2.96. The summed E-state index contributed by atoms with van der Waals surface area (Å²) in [6.45, 7) is 0. The summed E-state index contributed by atoms with van der Waals surface area (Å²) >= 11 is 5.98. The van der Waals surface area contributed by atoms with E-state index in [-0.39, 0.29) is 0 Å². The summed E-state index contributed by atoms with van der Waals surface area (Å²) in [5.41, 5.74) is 1.13. The molecule has 13 heavy (non-hydrogen) atoms. The quantitative estimate of drug-likeness (QED) is 0.683. The van der Waals surface area contributed by atoms with Crippen LogP contribution in [0, 0.1) is 0 Å². The van der Waals surface area contributed by atoms with Crippen molar-refractivity contribution >= 4 is 22.5 Å². The third-order valence-corrected chi connectivity index (χ3v) is 2.45. The first kappa shape index (κ1) is 8.45. The molecule has 0 aliphatic carbocycles. The van der Waals surface area contributed by atoms with Crippen molar-refractivity contribution in [2.45, 2.75) is 0 Å². The number of fused-ring (bicyclic) bond motifs is 1. The Morgan fingerprint density at radius 1 is 1.38 bits per heavy atom. The van der Waals surface area contributed by atoms with Crippen LogP contribution < -0.4 is 4.74 Å². The predicted molar refractivity (Wildman–Crippen MR) is 54.5 cm³/mol. The van der Waals surface area contributed by atoms with Crippen molar-refractivity contribution in [3.8, 4) is 5.75 Å². The van der Waals surface area contributed by atoms with Gasteiger partial charge < -0.3 is 9.30 Å². The lowest BCUT2D eigenvalue weighted by Gasteiger charge is -2.03. The molecule has 1 heterocycles. The lowest BCUT2D eigenvalue weighted by molar-refractivity contribution is 0.415. The number of methoxy groups -OCH3 is 1. The van der Waals surface area contributed by atoms with Crippen molar-refractivity contribution in [2.24, 2.45) is 7.05 Å². The first-order valence-electron chi connectivity index (χ1n) is 4.01. The van der Waals surface area contributed by atoms with Gasteiger partial charge in [0, 0.05) is 24.7 Å². The number of hydrogen-bond donors (Lipinski definition) is 0. The zero-order valence-electron chi connectivity index (χ0n) is 7.54. The van der Waals surface area contributed by atoms with E-state index in [4.69, 9.17) is 16.3 Å². The molecular formula is C10H10ClNO. The van der Waals surface area contributed by atoms with E-state index < -0.39 is 0 Å². The highest BCUT2D eigenvalue weighted by molar-refractivity contribution is 6.32. The van der Waals surface area contributed by atoms with Gasteiger partial charge in [0.05, 0.1) is 17.6 Å². The fourth-order valence-electron chi connectivity index (χ4n) is 1.43. The summed E-state index contributed by atoms with van der Waals surface area (Å²) in [4.78, 5) is 0. The summed E-state index contributed by atoms with van der Waals surface area (Å²) in [5.74, 6) is 0.718. The van der Waals surface area contributed by atoms with Crippen molar-refractivity contribution in [3.63, 3.8) is 0 Å². The third kappa shape index (κ3) is 1.27. The molecule has 0 unspecified atom stereocenters. The lowest BCUT2D eigenvalue weighted by Crippen LogP contribution is -1.87. The van der Waals surface area contributed by atoms with Crippen molar-refractivity contribution in [2.75, 3.05) is 7.11 Å². The maximum Gasteiger partial charge on any atom is 0.139 e. The normalized spacial score (nSPS) is 10.7. The Hall–Kier alpha value is -1.15. The Bertz CT molecular complexity index is 447. The molecule has 2 nitrogen and oxygen atoms in total. The minimum absolute atomic E-state index is 0.654. The first-order valence-corrected chi connectivity index (χ1v) is 4.39. The standard InChI is InChI=1S/C10H10ClNO/c1-12-4-3-7-5-8(11)10(13-2)6-9(7)12/h3-6H,1-2H3. The molecule has 0 spiro atoms. The van der Waals surface area contributed by atoms with Gasteiger partial charge in [-0.05, 0) is 12.1 Å². The number of benzene rings is 1. The molecule has 0 bridgehead atoms. The van der Waals surface area contributed by atoms with Gasteiger partial charge >= 0.3 is 0 Å². The van der Waals surface area contributed by atoms with Gasteiger partial charge in [-0.1, -0.05) is 11.6 Å². The Balaban J connectivity index is 2.77. The Kier molecular flexibility index (Phi) is 1.93. The monoisotopic (exact) mass is 195 g/mol. The van der Waals surface area contributed by atoms with Gasteiger partial charge in [0.15, 0.2) is 0 Å². The van der Waals surface area contributed by atoms with Gasteiger partial charge in [0.25, 0.3) is 0 Å². The average Bonchev–Trinajstić information content (AvgIpc) is 2.46. The SMILES string of the molecule is COc1cc2c(ccn2C)cc1Cl. The van der Waals surface area contributed by atoms with E-state index in [2.05, 4.69) is 0 Å². The van der Waals surface area contributed by atoms with E-state index in [9.17, 15) is 0 Å². The Labute approximate surface area is 81.7 Å². The van der Waals surface area contributed by atoms with Crippen molar-refractivity contribution in [1.82, 2.24) is 4.57 Å². The van der Waals surface area contributed by atoms with Crippen molar-refractivity contribution < 1.29 is 4.74 Å². The zero-order valence-corrected chi connectivity index (χ0v) is 8.30. The van der Waals surface area contributed by atoms with Gasteiger partial charge in [-0.3, -0.25) is 0 Å². The Morgan fingerprint density at radius 3 is 2.85 bits per heavy atom. The number of hydrogen-bond acceptors (Lipinski definition) is 1. The topological polar surface area (TPSA) is 14.2 Å². The summed E-state index contributed by atoms with van der Waals surface area (Å²) in [6.07, 6.45) is 2.00. The van der Waals surface area contributed by atoms with E-state index in [1.165, 1.54) is 0 Å². The highest BCUT2D eigenvalue weighted by Crippen LogP contribution is 2.29. The molecule has 0 aliphatic heterocycles. The second-order valence-corrected chi connectivity index (χ2v) is 3.38. The van der Waals surface area contributed by atoms with Crippen LogP contribution >= 0.6 is 11.6 Å². The van der Waals surface area contributed by atoms with E-state index in [1.807, 2.05) is 36.0 Å². The fraction of sp³-hybridized carbons (Fsp3) is 0.200. The van der Waals surface area contributed by atoms with Crippen LogP contribution in [0.1, 0.15) is 0 Å². The van der Waals surface area contributed by atoms with Gasteiger partial charge in [0.2, 0.25) is 0 Å². The predicted octanol–water partition coefficient (Wildman–Crippen LogP) is 2.84. The van der Waals surface area contributed by atoms with E-state index in [0.29, 0.717) is 5.02 Å². The summed E-state index contributed by atoms with van der Waals surface area (Å²) in [7, 11) is 3.62. The largest absolute Gasteiger partial charge is 0.495 e. The van der Waals surface area contributed by atoms with Crippen LogP contribution in [0.25, 0.3) is 10.9 Å². The molecule has 2 rings (SSSR count). The number of aromatic nitrogens is 1. The number of aryl methyl sites for hydroxylation is 1. The second-order valence-electron chi connectivity index (χ2n) is 2.97. The molecule has 68 valence electrons. The molecular weight excluding hydrogens is 186 g/mol. The van der Waals surface area contributed by atoms with E-state index in [0.717, 1.165) is 16.7 Å². The summed E-state index contributed by atoms with van der Waals surface area (Å²) in [6, 6.07) is 5.88. The molecule has 0 fully saturated rings. The number of ether oxygens (including phenoxy) is 1. The highest BCUT2D eigenvalue weighted by Gasteiger charge is 2.04. The van der Waals surface area contributed by atoms with Gasteiger partial charge in [-0.15, -0.1) is 0 Å². The molecule has 1 aromatic heterocycles. The molecule has 0 amide bonds. The average molecular weight is 196 g/mol. The van der Waals surface area contributed by atoms with Crippen LogP contribution in [0.5, 0.6) is 5.75 Å². The maximum absolute atomic E-state index is 5.98. The van der Waals surface area contributed by atoms with Crippen LogP contribution in [0.4, 0.5) is 0 Å². The maximum atomic E-state index is 5.98. The zero-order chi connectivity index (χ0) is 9.42. The molecule has 0 aliphatic rings. The minimum Gasteiger partial charge on any atom is -0.495 e. The van der Waals surface area contributed by atoms with Crippen LogP contribution in [-0.2, 0) is 7.05 Å². The fourth-order valence-corrected chi connectivity index (χ4v) is 1.68. The molecule has 2 aromatic rings. The van der Waals surface area contributed by atoms with Crippen LogP contribution in [0.3, 0.4) is 0 Å². The van der Waals surface area contributed by atoms with Crippen molar-refractivity contribution in [3.05, 3.63) is 29.4 Å². The summed E-state index contributed by atoms with van der Waals surface area (Å²) < 4.78 is 7.17. The molecule has 0 N–H and O–H groups in total. The van der Waals surface area contributed by atoms with Crippen molar-refractivity contribution in [1.29, 1.82) is 0 Å². The van der Waals surface area contributed by atoms with E-state index >= 15 is 0 Å². The third-order valence-electron chi connectivity index (χ3n) is 2.16. The lowest BCUT2D eigenvalue weighted by atomic mass is 10.2. The molecule has 0 atom stereocenters. The molecule has 3 heteroatoms. The van der Waals surface area contributed by atoms with Crippen LogP contribution in [0.15, 0.2) is 24.4 Å². The minimum atomic E-state index is 0.654. The van der Waals surface area contributed by atoms with Gasteiger partial charge in [-0.2, -0.15) is 0 Å². The number of halogens is 1. The molecule has 0 saturated heterocycles. The molecule has 0 saturated carbocycles. The van der Waals surface area contributed by atoms with Gasteiger partial charge in [0.1, 0.15) is 5.75 Å². The smallest absolute Gasteiger partial charge is 0.139 e. The Morgan fingerprint density at radius 2 is 2.15 bits per heavy atom. The molecule has 0 radical (unpaired) electrons. The molecule has 1 aromatic carbocycles. The van der Waals surface area contributed by atoms with E-state index in [1.54, 1.807) is 7.11 Å². The van der Waals surface area contributed by atoms with Crippen LogP contribution in [0.2, 0.25) is 5.02 Å².